The van der Waals surface area contributed by atoms with Gasteiger partial charge >= 0.3 is 0 Å². The van der Waals surface area contributed by atoms with Crippen molar-refractivity contribution >= 4 is 23.4 Å². The van der Waals surface area contributed by atoms with Crippen molar-refractivity contribution in [3.05, 3.63) is 95.8 Å². The summed E-state index contributed by atoms with van der Waals surface area (Å²) in [5, 5.41) is 9.56. The molecule has 6 nitrogen and oxygen atoms in total. The highest BCUT2D eigenvalue weighted by molar-refractivity contribution is 7.99. The van der Waals surface area contributed by atoms with Crippen molar-refractivity contribution in [2.75, 3.05) is 10.7 Å². The highest BCUT2D eigenvalue weighted by Gasteiger charge is 2.22. The minimum absolute atomic E-state index is 0.0201. The molecule has 0 bridgehead atoms. The minimum Gasteiger partial charge on any atom is -0.486 e. The molecule has 7 heteroatoms. The van der Waals surface area contributed by atoms with Crippen LogP contribution in [0.15, 0.2) is 84.0 Å². The van der Waals surface area contributed by atoms with Crippen LogP contribution in [0.2, 0.25) is 0 Å². The van der Waals surface area contributed by atoms with Gasteiger partial charge in [-0.2, -0.15) is 0 Å². The van der Waals surface area contributed by atoms with Crippen molar-refractivity contribution in [2.24, 2.45) is 0 Å². The molecule has 3 aromatic carbocycles. The van der Waals surface area contributed by atoms with E-state index in [4.69, 9.17) is 4.74 Å². The van der Waals surface area contributed by atoms with Crippen molar-refractivity contribution in [3.8, 4) is 11.4 Å². The fraction of sp³-hybridized carbons (Fsp3) is 0.323. The molecule has 1 aromatic heterocycles. The molecular formula is C31H36N4O2S. The normalized spacial score (nSPS) is 11.6. The average Bonchev–Trinajstić information content (AvgIpc) is 3.29. The number of thioether (sulfide) groups is 1. The SMILES string of the molecule is Cc1cccc(-n2c(COc3ccc(C(C)(C)C)cc3)nnc2SCC(=O)N(c2ccccc2)C(C)C)c1. The molecule has 1 heterocycles. The number of benzene rings is 3. The Morgan fingerprint density at radius 1 is 0.974 bits per heavy atom. The average molecular weight is 529 g/mol. The first-order valence-electron chi connectivity index (χ1n) is 12.9. The number of anilines is 1. The quantitative estimate of drug-likeness (QED) is 0.219. The van der Waals surface area contributed by atoms with Crippen molar-refractivity contribution in [1.29, 1.82) is 0 Å². The molecule has 38 heavy (non-hydrogen) atoms. The standard InChI is InChI=1S/C31H36N4O2S/c1-22(2)34(25-12-8-7-9-13-25)29(36)21-38-30-33-32-28(35(30)26-14-10-11-23(3)19-26)20-37-27-17-15-24(16-18-27)31(4,5)6/h7-19,22H,20-21H2,1-6H3. The number of amides is 1. The van der Waals surface area contributed by atoms with Gasteiger partial charge in [-0.05, 0) is 73.7 Å². The summed E-state index contributed by atoms with van der Waals surface area (Å²) in [7, 11) is 0. The first-order chi connectivity index (χ1) is 18.1. The Bertz CT molecular complexity index is 1360. The molecule has 4 rings (SSSR count). The maximum absolute atomic E-state index is 13.3. The third kappa shape index (κ3) is 6.64. The lowest BCUT2D eigenvalue weighted by Gasteiger charge is -2.26. The fourth-order valence-corrected chi connectivity index (χ4v) is 5.06. The highest BCUT2D eigenvalue weighted by atomic mass is 32.2. The largest absolute Gasteiger partial charge is 0.486 e. The molecular weight excluding hydrogens is 492 g/mol. The second kappa shape index (κ2) is 11.9. The third-order valence-corrected chi connectivity index (χ3v) is 7.11. The Hall–Kier alpha value is -3.58. The smallest absolute Gasteiger partial charge is 0.237 e. The molecule has 0 atom stereocenters. The first kappa shape index (κ1) is 27.5. The van der Waals surface area contributed by atoms with Crippen LogP contribution in [0.5, 0.6) is 5.75 Å². The van der Waals surface area contributed by atoms with Gasteiger partial charge in [-0.1, -0.05) is 75.0 Å². The van der Waals surface area contributed by atoms with Crippen molar-refractivity contribution in [2.45, 2.75) is 64.8 Å². The van der Waals surface area contributed by atoms with Crippen LogP contribution in [0.4, 0.5) is 5.69 Å². The van der Waals surface area contributed by atoms with E-state index in [1.165, 1.54) is 17.3 Å². The lowest BCUT2D eigenvalue weighted by molar-refractivity contribution is -0.116. The number of hydrogen-bond acceptors (Lipinski definition) is 5. The van der Waals surface area contributed by atoms with E-state index in [0.29, 0.717) is 11.0 Å². The minimum atomic E-state index is 0.0201. The van der Waals surface area contributed by atoms with Gasteiger partial charge in [-0.3, -0.25) is 9.36 Å². The fourth-order valence-electron chi connectivity index (χ4n) is 4.23. The number of rotatable bonds is 9. The van der Waals surface area contributed by atoms with Gasteiger partial charge in [-0.25, -0.2) is 0 Å². The number of carbonyl (C=O) groups is 1. The third-order valence-electron chi connectivity index (χ3n) is 6.19. The molecule has 0 saturated carbocycles. The van der Waals surface area contributed by atoms with Crippen molar-refractivity contribution in [3.63, 3.8) is 0 Å². The van der Waals surface area contributed by atoms with Gasteiger partial charge in [0, 0.05) is 17.4 Å². The molecule has 0 N–H and O–H groups in total. The monoisotopic (exact) mass is 528 g/mol. The van der Waals surface area contributed by atoms with E-state index in [0.717, 1.165) is 22.7 Å². The number of ether oxygens (including phenoxy) is 1. The molecule has 0 fully saturated rings. The molecule has 0 unspecified atom stereocenters. The van der Waals surface area contributed by atoms with E-state index in [2.05, 4.69) is 62.2 Å². The van der Waals surface area contributed by atoms with Crippen LogP contribution in [0.3, 0.4) is 0 Å². The van der Waals surface area contributed by atoms with Crippen molar-refractivity contribution < 1.29 is 9.53 Å². The Morgan fingerprint density at radius 2 is 1.68 bits per heavy atom. The summed E-state index contributed by atoms with van der Waals surface area (Å²) in [5.74, 6) is 1.71. The number of aromatic nitrogens is 3. The lowest BCUT2D eigenvalue weighted by atomic mass is 9.87. The zero-order valence-electron chi connectivity index (χ0n) is 23.0. The molecule has 0 spiro atoms. The molecule has 1 amide bonds. The maximum atomic E-state index is 13.3. The summed E-state index contributed by atoms with van der Waals surface area (Å²) in [6.07, 6.45) is 0. The van der Waals surface area contributed by atoms with Gasteiger partial charge in [0.15, 0.2) is 11.0 Å². The van der Waals surface area contributed by atoms with Gasteiger partial charge in [-0.15, -0.1) is 10.2 Å². The summed E-state index contributed by atoms with van der Waals surface area (Å²) in [5.41, 5.74) is 4.29. The number of aryl methyl sites for hydroxylation is 1. The van der Waals surface area contributed by atoms with Gasteiger partial charge < -0.3 is 9.64 Å². The van der Waals surface area contributed by atoms with Crippen LogP contribution in [0.25, 0.3) is 5.69 Å². The lowest BCUT2D eigenvalue weighted by Crippen LogP contribution is -2.38. The zero-order chi connectivity index (χ0) is 27.3. The predicted octanol–water partition coefficient (Wildman–Crippen LogP) is 6.99. The molecule has 0 aliphatic rings. The van der Waals surface area contributed by atoms with E-state index in [1.807, 2.05) is 77.9 Å². The summed E-state index contributed by atoms with van der Waals surface area (Å²) in [4.78, 5) is 15.1. The summed E-state index contributed by atoms with van der Waals surface area (Å²) in [6, 6.07) is 26.2. The van der Waals surface area contributed by atoms with E-state index >= 15 is 0 Å². The van der Waals surface area contributed by atoms with Gasteiger partial charge in [0.05, 0.1) is 5.75 Å². The van der Waals surface area contributed by atoms with Crippen LogP contribution in [-0.2, 0) is 16.8 Å². The van der Waals surface area contributed by atoms with E-state index in [9.17, 15) is 4.79 Å². The number of nitrogens with zero attached hydrogens (tertiary/aromatic N) is 4. The van der Waals surface area contributed by atoms with Gasteiger partial charge in [0.2, 0.25) is 5.91 Å². The number of carbonyl (C=O) groups excluding carboxylic acids is 1. The van der Waals surface area contributed by atoms with Crippen LogP contribution in [0.1, 0.15) is 51.6 Å². The Balaban J connectivity index is 1.55. The highest BCUT2D eigenvalue weighted by Crippen LogP contribution is 2.27. The second-order valence-corrected chi connectivity index (χ2v) is 11.6. The molecule has 0 aliphatic carbocycles. The van der Waals surface area contributed by atoms with Crippen LogP contribution in [0, 0.1) is 6.92 Å². The number of hydrogen-bond donors (Lipinski definition) is 0. The van der Waals surface area contributed by atoms with Crippen LogP contribution >= 0.6 is 11.8 Å². The molecule has 0 aliphatic heterocycles. The molecule has 0 radical (unpaired) electrons. The van der Waals surface area contributed by atoms with Gasteiger partial charge in [0.25, 0.3) is 0 Å². The summed E-state index contributed by atoms with van der Waals surface area (Å²) in [6.45, 7) is 12.9. The first-order valence-corrected chi connectivity index (χ1v) is 13.9. The maximum Gasteiger partial charge on any atom is 0.237 e. The van der Waals surface area contributed by atoms with E-state index < -0.39 is 0 Å². The van der Waals surface area contributed by atoms with E-state index in [-0.39, 0.29) is 29.7 Å². The Labute approximate surface area is 230 Å². The predicted molar refractivity (Wildman–Crippen MR) is 155 cm³/mol. The Kier molecular flexibility index (Phi) is 8.57. The second-order valence-electron chi connectivity index (χ2n) is 10.6. The zero-order valence-corrected chi connectivity index (χ0v) is 23.8. The topological polar surface area (TPSA) is 60.2 Å². The molecule has 198 valence electrons. The molecule has 4 aromatic rings. The van der Waals surface area contributed by atoms with Crippen LogP contribution < -0.4 is 9.64 Å². The van der Waals surface area contributed by atoms with E-state index in [1.54, 1.807) is 0 Å². The molecule has 0 saturated heterocycles. The van der Waals surface area contributed by atoms with Crippen molar-refractivity contribution in [1.82, 2.24) is 14.8 Å². The van der Waals surface area contributed by atoms with Gasteiger partial charge in [0.1, 0.15) is 12.4 Å². The number of para-hydroxylation sites is 1. The summed E-state index contributed by atoms with van der Waals surface area (Å²) >= 11 is 1.39. The van der Waals surface area contributed by atoms with Crippen LogP contribution in [-0.4, -0.2) is 32.5 Å². The Morgan fingerprint density at radius 3 is 2.32 bits per heavy atom. The summed E-state index contributed by atoms with van der Waals surface area (Å²) < 4.78 is 8.09.